The monoisotopic (exact) mass is 231 g/mol. The Morgan fingerprint density at radius 1 is 1.40 bits per heavy atom. The van der Waals surface area contributed by atoms with Crippen molar-refractivity contribution in [3.8, 4) is 0 Å². The van der Waals surface area contributed by atoms with E-state index in [0.717, 1.165) is 6.07 Å². The fourth-order valence-corrected chi connectivity index (χ4v) is 2.85. The van der Waals surface area contributed by atoms with Crippen molar-refractivity contribution in [1.82, 2.24) is 5.32 Å². The van der Waals surface area contributed by atoms with Crippen LogP contribution in [0.4, 0.5) is 4.39 Å². The Labute approximate surface area is 89.2 Å². The molecule has 0 aromatic heterocycles. The minimum Gasteiger partial charge on any atom is -0.316 e. The summed E-state index contributed by atoms with van der Waals surface area (Å²) < 4.78 is 36.7. The van der Waals surface area contributed by atoms with Crippen molar-refractivity contribution in [1.29, 1.82) is 0 Å². The minimum atomic E-state index is -3.54. The molecule has 15 heavy (non-hydrogen) atoms. The molecule has 3 nitrogen and oxygen atoms in total. The van der Waals surface area contributed by atoms with Crippen LogP contribution in [-0.2, 0) is 9.84 Å². The predicted molar refractivity (Wildman–Crippen MR) is 57.0 cm³/mol. The Kier molecular flexibility index (Phi) is 3.82. The molecule has 84 valence electrons. The van der Waals surface area contributed by atoms with Crippen molar-refractivity contribution >= 4 is 9.84 Å². The van der Waals surface area contributed by atoms with Crippen LogP contribution in [0.5, 0.6) is 0 Å². The normalized spacial score (nSPS) is 13.8. The molecule has 5 heteroatoms. The molecule has 0 spiro atoms. The summed E-state index contributed by atoms with van der Waals surface area (Å²) in [4.78, 5) is -0.230. The lowest BCUT2D eigenvalue weighted by molar-refractivity contribution is 0.557. The van der Waals surface area contributed by atoms with Gasteiger partial charge in [-0.3, -0.25) is 0 Å². The highest BCUT2D eigenvalue weighted by atomic mass is 32.2. The Morgan fingerprint density at radius 2 is 2.00 bits per heavy atom. The predicted octanol–water partition coefficient (Wildman–Crippen LogP) is 1.21. The summed E-state index contributed by atoms with van der Waals surface area (Å²) >= 11 is 0. The lowest BCUT2D eigenvalue weighted by atomic mass is 10.3. The van der Waals surface area contributed by atoms with Gasteiger partial charge in [0.1, 0.15) is 10.7 Å². The first-order valence-corrected chi connectivity index (χ1v) is 6.27. The lowest BCUT2D eigenvalue weighted by Gasteiger charge is -2.11. The molecule has 0 saturated carbocycles. The first-order valence-electron chi connectivity index (χ1n) is 4.62. The Balaban J connectivity index is 3.02. The van der Waals surface area contributed by atoms with Crippen molar-refractivity contribution in [2.75, 3.05) is 12.8 Å². The van der Waals surface area contributed by atoms with E-state index in [1.165, 1.54) is 18.2 Å². The van der Waals surface area contributed by atoms with Crippen LogP contribution < -0.4 is 5.32 Å². The SMILES string of the molecule is CNC(C)CS(=O)(=O)c1ccccc1F. The fourth-order valence-electron chi connectivity index (χ4n) is 1.20. The van der Waals surface area contributed by atoms with E-state index in [9.17, 15) is 12.8 Å². The average Bonchev–Trinajstić information content (AvgIpc) is 2.17. The maximum absolute atomic E-state index is 13.2. The van der Waals surface area contributed by atoms with Crippen molar-refractivity contribution in [3.05, 3.63) is 30.1 Å². The van der Waals surface area contributed by atoms with Gasteiger partial charge in [-0.1, -0.05) is 12.1 Å². The van der Waals surface area contributed by atoms with Gasteiger partial charge in [-0.2, -0.15) is 0 Å². The Bertz CT molecular complexity index is 431. The molecule has 0 saturated heterocycles. The van der Waals surface area contributed by atoms with E-state index in [4.69, 9.17) is 0 Å². The molecule has 0 radical (unpaired) electrons. The van der Waals surface area contributed by atoms with Gasteiger partial charge in [0.05, 0.1) is 5.75 Å². The van der Waals surface area contributed by atoms with Gasteiger partial charge in [-0.05, 0) is 26.1 Å². The van der Waals surface area contributed by atoms with Gasteiger partial charge in [0, 0.05) is 6.04 Å². The summed E-state index contributed by atoms with van der Waals surface area (Å²) in [6.45, 7) is 1.73. The number of hydrogen-bond donors (Lipinski definition) is 1. The summed E-state index contributed by atoms with van der Waals surface area (Å²) in [7, 11) is -1.87. The van der Waals surface area contributed by atoms with Crippen LogP contribution in [0.3, 0.4) is 0 Å². The van der Waals surface area contributed by atoms with Crippen molar-refractivity contribution in [2.45, 2.75) is 17.9 Å². The van der Waals surface area contributed by atoms with E-state index in [2.05, 4.69) is 5.32 Å². The molecular weight excluding hydrogens is 217 g/mol. The second-order valence-electron chi connectivity index (χ2n) is 3.40. The van der Waals surface area contributed by atoms with Crippen LogP contribution in [0.2, 0.25) is 0 Å². The highest BCUT2D eigenvalue weighted by Crippen LogP contribution is 2.15. The van der Waals surface area contributed by atoms with Crippen molar-refractivity contribution in [3.63, 3.8) is 0 Å². The molecule has 0 heterocycles. The first kappa shape index (κ1) is 12.1. The lowest BCUT2D eigenvalue weighted by Crippen LogP contribution is -2.30. The van der Waals surface area contributed by atoms with Gasteiger partial charge in [0.25, 0.3) is 0 Å². The number of halogens is 1. The summed E-state index contributed by atoms with van der Waals surface area (Å²) in [6.07, 6.45) is 0. The molecule has 0 aliphatic carbocycles. The van der Waals surface area contributed by atoms with Crippen LogP contribution in [0.25, 0.3) is 0 Å². The zero-order valence-electron chi connectivity index (χ0n) is 8.70. The smallest absolute Gasteiger partial charge is 0.182 e. The summed E-state index contributed by atoms with van der Waals surface area (Å²) in [6, 6.07) is 5.22. The molecule has 1 N–H and O–H groups in total. The van der Waals surface area contributed by atoms with Crippen molar-refractivity contribution < 1.29 is 12.8 Å². The maximum atomic E-state index is 13.2. The van der Waals surface area contributed by atoms with E-state index in [1.54, 1.807) is 14.0 Å². The van der Waals surface area contributed by atoms with Crippen LogP contribution in [0.15, 0.2) is 29.2 Å². The molecule has 0 aliphatic heterocycles. The van der Waals surface area contributed by atoms with E-state index in [-0.39, 0.29) is 16.7 Å². The van der Waals surface area contributed by atoms with Gasteiger partial charge in [0.15, 0.2) is 9.84 Å². The average molecular weight is 231 g/mol. The molecular formula is C10H14FNO2S. The molecule has 1 unspecified atom stereocenters. The van der Waals surface area contributed by atoms with Gasteiger partial charge in [-0.15, -0.1) is 0 Å². The fraction of sp³-hybridized carbons (Fsp3) is 0.400. The van der Waals surface area contributed by atoms with Gasteiger partial charge < -0.3 is 5.32 Å². The third kappa shape index (κ3) is 3.00. The standard InChI is InChI=1S/C10H14FNO2S/c1-8(12-2)7-15(13,14)10-6-4-3-5-9(10)11/h3-6,8,12H,7H2,1-2H3. The topological polar surface area (TPSA) is 46.2 Å². The zero-order chi connectivity index (χ0) is 11.5. The number of nitrogens with one attached hydrogen (secondary N) is 1. The minimum absolute atomic E-state index is 0.107. The van der Waals surface area contributed by atoms with Crippen molar-refractivity contribution in [2.24, 2.45) is 0 Å². The van der Waals surface area contributed by atoms with Crippen LogP contribution in [-0.4, -0.2) is 27.3 Å². The molecule has 0 bridgehead atoms. The molecule has 1 aromatic rings. The zero-order valence-corrected chi connectivity index (χ0v) is 9.51. The van der Waals surface area contributed by atoms with E-state index in [0.29, 0.717) is 0 Å². The second kappa shape index (κ2) is 4.72. The first-order chi connectivity index (χ1) is 6.97. The van der Waals surface area contributed by atoms with E-state index in [1.807, 2.05) is 0 Å². The van der Waals surface area contributed by atoms with E-state index >= 15 is 0 Å². The molecule has 1 aromatic carbocycles. The van der Waals surface area contributed by atoms with Gasteiger partial charge >= 0.3 is 0 Å². The molecule has 1 atom stereocenters. The van der Waals surface area contributed by atoms with Gasteiger partial charge in [-0.25, -0.2) is 12.8 Å². The largest absolute Gasteiger partial charge is 0.316 e. The van der Waals surface area contributed by atoms with Crippen LogP contribution in [0, 0.1) is 5.82 Å². The number of benzene rings is 1. The third-order valence-electron chi connectivity index (χ3n) is 2.13. The highest BCUT2D eigenvalue weighted by molar-refractivity contribution is 7.91. The maximum Gasteiger partial charge on any atom is 0.182 e. The Morgan fingerprint density at radius 3 is 2.53 bits per heavy atom. The third-order valence-corrected chi connectivity index (χ3v) is 4.07. The van der Waals surface area contributed by atoms with Crippen LogP contribution in [0.1, 0.15) is 6.92 Å². The molecule has 0 amide bonds. The summed E-state index contributed by atoms with van der Waals surface area (Å²) in [5.41, 5.74) is 0. The number of hydrogen-bond acceptors (Lipinski definition) is 3. The van der Waals surface area contributed by atoms with Gasteiger partial charge in [0.2, 0.25) is 0 Å². The van der Waals surface area contributed by atoms with E-state index < -0.39 is 15.7 Å². The summed E-state index contributed by atoms with van der Waals surface area (Å²) in [5, 5.41) is 2.81. The quantitative estimate of drug-likeness (QED) is 0.847. The number of sulfone groups is 1. The highest BCUT2D eigenvalue weighted by Gasteiger charge is 2.20. The summed E-state index contributed by atoms with van der Waals surface area (Å²) in [5.74, 6) is -0.800. The second-order valence-corrected chi connectivity index (χ2v) is 5.40. The molecule has 1 rings (SSSR count). The van der Waals surface area contributed by atoms with Crippen LogP contribution >= 0.6 is 0 Å². The number of rotatable bonds is 4. The molecule has 0 aliphatic rings. The Hall–Kier alpha value is -0.940. The molecule has 0 fully saturated rings.